The number of aromatic hydroxyl groups is 1. The third-order valence-corrected chi connectivity index (χ3v) is 1.95. The van der Waals surface area contributed by atoms with Crippen molar-refractivity contribution in [2.75, 3.05) is 7.11 Å². The standard InChI is InChI=1S/C11H12O4/c1-7(5-11(13)14)8-3-4-9(12)10(6-8)15-2/h3-4,6,12H,1,5H2,2H3,(H,13,14). The van der Waals surface area contributed by atoms with E-state index in [4.69, 9.17) is 9.84 Å². The zero-order valence-electron chi connectivity index (χ0n) is 8.36. The van der Waals surface area contributed by atoms with Crippen molar-refractivity contribution in [2.45, 2.75) is 6.42 Å². The number of hydrogen-bond donors (Lipinski definition) is 2. The van der Waals surface area contributed by atoms with Gasteiger partial charge in [-0.15, -0.1) is 0 Å². The van der Waals surface area contributed by atoms with Gasteiger partial charge in [0.05, 0.1) is 13.5 Å². The van der Waals surface area contributed by atoms with Crippen molar-refractivity contribution in [1.82, 2.24) is 0 Å². The summed E-state index contributed by atoms with van der Waals surface area (Å²) in [6, 6.07) is 4.60. The van der Waals surface area contributed by atoms with Gasteiger partial charge in [0.25, 0.3) is 0 Å². The molecule has 80 valence electrons. The number of carbonyl (C=O) groups is 1. The van der Waals surface area contributed by atoms with Gasteiger partial charge in [0.15, 0.2) is 11.5 Å². The van der Waals surface area contributed by atoms with E-state index >= 15 is 0 Å². The van der Waals surface area contributed by atoms with Crippen LogP contribution in [0, 0.1) is 0 Å². The quantitative estimate of drug-likeness (QED) is 0.792. The lowest BCUT2D eigenvalue weighted by Gasteiger charge is -2.07. The first-order chi connectivity index (χ1) is 7.04. The molecule has 1 aromatic carbocycles. The molecule has 0 radical (unpaired) electrons. The second-order valence-electron chi connectivity index (χ2n) is 3.06. The molecular formula is C11H12O4. The largest absolute Gasteiger partial charge is 0.504 e. The van der Waals surface area contributed by atoms with Crippen LogP contribution in [0.4, 0.5) is 0 Å². The highest BCUT2D eigenvalue weighted by atomic mass is 16.5. The molecule has 0 heterocycles. The van der Waals surface area contributed by atoms with Crippen LogP contribution in [-0.4, -0.2) is 23.3 Å². The first kappa shape index (κ1) is 11.1. The molecule has 4 nitrogen and oxygen atoms in total. The molecule has 0 fully saturated rings. The molecule has 0 aliphatic heterocycles. The van der Waals surface area contributed by atoms with E-state index in [1.807, 2.05) is 0 Å². The topological polar surface area (TPSA) is 66.8 Å². The van der Waals surface area contributed by atoms with Gasteiger partial charge in [0.2, 0.25) is 0 Å². The third kappa shape index (κ3) is 2.74. The van der Waals surface area contributed by atoms with Crippen molar-refractivity contribution < 1.29 is 19.7 Å². The normalized spacial score (nSPS) is 9.67. The summed E-state index contributed by atoms with van der Waals surface area (Å²) < 4.78 is 4.90. The average molecular weight is 208 g/mol. The number of benzene rings is 1. The van der Waals surface area contributed by atoms with Crippen molar-refractivity contribution in [3.63, 3.8) is 0 Å². The summed E-state index contributed by atoms with van der Waals surface area (Å²) in [7, 11) is 1.43. The maximum atomic E-state index is 10.5. The van der Waals surface area contributed by atoms with E-state index in [0.29, 0.717) is 16.9 Å². The SMILES string of the molecule is C=C(CC(=O)O)c1ccc(O)c(OC)c1. The lowest BCUT2D eigenvalue weighted by atomic mass is 10.0. The van der Waals surface area contributed by atoms with Crippen LogP contribution in [0.3, 0.4) is 0 Å². The van der Waals surface area contributed by atoms with Crippen molar-refractivity contribution in [3.05, 3.63) is 30.3 Å². The van der Waals surface area contributed by atoms with Crippen LogP contribution < -0.4 is 4.74 Å². The summed E-state index contributed by atoms with van der Waals surface area (Å²) in [5.74, 6) is -0.615. The average Bonchev–Trinajstić information content (AvgIpc) is 2.17. The summed E-state index contributed by atoms with van der Waals surface area (Å²) in [5, 5.41) is 17.9. The van der Waals surface area contributed by atoms with Gasteiger partial charge in [-0.1, -0.05) is 12.6 Å². The minimum Gasteiger partial charge on any atom is -0.504 e. The molecule has 0 aromatic heterocycles. The maximum absolute atomic E-state index is 10.5. The fourth-order valence-corrected chi connectivity index (χ4v) is 1.18. The van der Waals surface area contributed by atoms with Crippen LogP contribution in [0.5, 0.6) is 11.5 Å². The van der Waals surface area contributed by atoms with E-state index in [0.717, 1.165) is 0 Å². The second-order valence-corrected chi connectivity index (χ2v) is 3.06. The number of aliphatic carboxylic acids is 1. The monoisotopic (exact) mass is 208 g/mol. The number of phenolic OH excluding ortho intramolecular Hbond substituents is 1. The van der Waals surface area contributed by atoms with Crippen LogP contribution in [0.1, 0.15) is 12.0 Å². The highest BCUT2D eigenvalue weighted by Gasteiger charge is 2.07. The van der Waals surface area contributed by atoms with Gasteiger partial charge in [-0.2, -0.15) is 0 Å². The van der Waals surface area contributed by atoms with Gasteiger partial charge in [0.1, 0.15) is 0 Å². The molecule has 0 amide bonds. The molecule has 1 rings (SSSR count). The summed E-state index contributed by atoms with van der Waals surface area (Å²) >= 11 is 0. The molecule has 0 bridgehead atoms. The predicted octanol–water partition coefficient (Wildman–Crippen LogP) is 1.89. The summed E-state index contributed by atoms with van der Waals surface area (Å²) in [5.41, 5.74) is 1.12. The van der Waals surface area contributed by atoms with Gasteiger partial charge < -0.3 is 14.9 Å². The number of hydrogen-bond acceptors (Lipinski definition) is 3. The predicted molar refractivity (Wildman–Crippen MR) is 55.9 cm³/mol. The number of phenols is 1. The van der Waals surface area contributed by atoms with E-state index in [1.54, 1.807) is 12.1 Å². The number of carboxylic acids is 1. The molecule has 4 heteroatoms. The third-order valence-electron chi connectivity index (χ3n) is 1.95. The fourth-order valence-electron chi connectivity index (χ4n) is 1.18. The van der Waals surface area contributed by atoms with Crippen molar-refractivity contribution in [2.24, 2.45) is 0 Å². The minimum atomic E-state index is -0.938. The Bertz CT molecular complexity index is 396. The Morgan fingerprint density at radius 2 is 2.20 bits per heavy atom. The number of rotatable bonds is 4. The Kier molecular flexibility index (Phi) is 3.33. The zero-order chi connectivity index (χ0) is 11.4. The Labute approximate surface area is 87.4 Å². The van der Waals surface area contributed by atoms with Crippen molar-refractivity contribution in [1.29, 1.82) is 0 Å². The Balaban J connectivity index is 2.95. The van der Waals surface area contributed by atoms with E-state index in [-0.39, 0.29) is 12.2 Å². The smallest absolute Gasteiger partial charge is 0.307 e. The lowest BCUT2D eigenvalue weighted by molar-refractivity contribution is -0.135. The molecule has 15 heavy (non-hydrogen) atoms. The van der Waals surface area contributed by atoms with E-state index in [2.05, 4.69) is 6.58 Å². The van der Waals surface area contributed by atoms with Crippen LogP contribution >= 0.6 is 0 Å². The molecule has 0 spiro atoms. The highest BCUT2D eigenvalue weighted by Crippen LogP contribution is 2.29. The van der Waals surface area contributed by atoms with E-state index < -0.39 is 5.97 Å². The van der Waals surface area contributed by atoms with Crippen molar-refractivity contribution in [3.8, 4) is 11.5 Å². The molecule has 0 unspecified atom stereocenters. The zero-order valence-corrected chi connectivity index (χ0v) is 8.36. The van der Waals surface area contributed by atoms with Crippen LogP contribution in [0.2, 0.25) is 0 Å². The first-order valence-electron chi connectivity index (χ1n) is 4.31. The summed E-state index contributed by atoms with van der Waals surface area (Å²) in [4.78, 5) is 10.5. The van der Waals surface area contributed by atoms with Gasteiger partial charge in [-0.25, -0.2) is 0 Å². The molecule has 0 atom stereocenters. The van der Waals surface area contributed by atoms with E-state index in [1.165, 1.54) is 13.2 Å². The van der Waals surface area contributed by atoms with Crippen molar-refractivity contribution >= 4 is 11.5 Å². The Hall–Kier alpha value is -1.97. The molecular weight excluding hydrogens is 196 g/mol. The van der Waals surface area contributed by atoms with Crippen LogP contribution in [0.25, 0.3) is 5.57 Å². The molecule has 0 saturated heterocycles. The Morgan fingerprint density at radius 1 is 1.53 bits per heavy atom. The molecule has 2 N–H and O–H groups in total. The van der Waals surface area contributed by atoms with Gasteiger partial charge in [-0.05, 0) is 23.3 Å². The Morgan fingerprint density at radius 3 is 2.73 bits per heavy atom. The maximum Gasteiger partial charge on any atom is 0.307 e. The summed E-state index contributed by atoms with van der Waals surface area (Å²) in [6.07, 6.45) is -0.131. The highest BCUT2D eigenvalue weighted by molar-refractivity contribution is 5.83. The summed E-state index contributed by atoms with van der Waals surface area (Å²) in [6.45, 7) is 3.65. The van der Waals surface area contributed by atoms with Crippen LogP contribution in [0.15, 0.2) is 24.8 Å². The van der Waals surface area contributed by atoms with Gasteiger partial charge >= 0.3 is 5.97 Å². The van der Waals surface area contributed by atoms with Crippen LogP contribution in [-0.2, 0) is 4.79 Å². The molecule has 1 aromatic rings. The minimum absolute atomic E-state index is 0.0179. The van der Waals surface area contributed by atoms with Gasteiger partial charge in [0, 0.05) is 0 Å². The first-order valence-corrected chi connectivity index (χ1v) is 4.31. The van der Waals surface area contributed by atoms with E-state index in [9.17, 15) is 9.90 Å². The molecule has 0 saturated carbocycles. The number of carboxylic acid groups (broad SMARTS) is 1. The molecule has 0 aliphatic carbocycles. The second kappa shape index (κ2) is 4.50. The number of methoxy groups -OCH3 is 1. The fraction of sp³-hybridized carbons (Fsp3) is 0.182. The number of ether oxygens (including phenoxy) is 1. The lowest BCUT2D eigenvalue weighted by Crippen LogP contribution is -1.96. The van der Waals surface area contributed by atoms with Gasteiger partial charge in [-0.3, -0.25) is 4.79 Å². The molecule has 0 aliphatic rings.